The highest BCUT2D eigenvalue weighted by Gasteiger charge is 2.42. The summed E-state index contributed by atoms with van der Waals surface area (Å²) in [5.41, 5.74) is -4.91. The fourth-order valence-electron chi connectivity index (χ4n) is 6.57. The van der Waals surface area contributed by atoms with Crippen molar-refractivity contribution < 1.29 is 26.3 Å². The van der Waals surface area contributed by atoms with Gasteiger partial charge < -0.3 is 0 Å². The molecular weight excluding hydrogens is 699 g/mol. The van der Waals surface area contributed by atoms with Crippen LogP contribution in [0.5, 0.6) is 0 Å². The van der Waals surface area contributed by atoms with Crippen molar-refractivity contribution in [1.29, 1.82) is 10.5 Å². The fraction of sp³-hybridized carbons (Fsp3) is 0.0455. The van der Waals surface area contributed by atoms with Gasteiger partial charge in [-0.05, 0) is 17.2 Å². The molecular formula is C44H24F6N4. The molecule has 0 bridgehead atoms. The van der Waals surface area contributed by atoms with Gasteiger partial charge in [0.15, 0.2) is 0 Å². The van der Waals surface area contributed by atoms with Gasteiger partial charge in [-0.3, -0.25) is 0 Å². The van der Waals surface area contributed by atoms with Gasteiger partial charge >= 0.3 is 12.4 Å². The third kappa shape index (κ3) is 6.57. The van der Waals surface area contributed by atoms with Crippen molar-refractivity contribution in [2.24, 2.45) is 0 Å². The maximum Gasteiger partial charge on any atom is 0.419 e. The minimum Gasteiger partial charge on any atom is -0.246 e. The zero-order chi connectivity index (χ0) is 38.0. The van der Waals surface area contributed by atoms with E-state index in [1.54, 1.807) is 97.1 Å². The number of aromatic nitrogens is 2. The van der Waals surface area contributed by atoms with Crippen LogP contribution >= 0.6 is 0 Å². The van der Waals surface area contributed by atoms with Gasteiger partial charge in [-0.15, -0.1) is 0 Å². The molecule has 4 nitrogen and oxygen atoms in total. The average molecular weight is 723 g/mol. The van der Waals surface area contributed by atoms with E-state index in [2.05, 4.69) is 9.97 Å². The van der Waals surface area contributed by atoms with Gasteiger partial charge in [-0.1, -0.05) is 140 Å². The molecule has 262 valence electrons. The summed E-state index contributed by atoms with van der Waals surface area (Å²) >= 11 is 0. The molecule has 2 aromatic heterocycles. The summed E-state index contributed by atoms with van der Waals surface area (Å²) in [6.07, 6.45) is -10.1. The van der Waals surface area contributed by atoms with Gasteiger partial charge in [-0.25, -0.2) is 9.97 Å². The molecule has 0 amide bonds. The molecule has 0 atom stereocenters. The summed E-state index contributed by atoms with van der Waals surface area (Å²) in [7, 11) is 0. The van der Waals surface area contributed by atoms with Gasteiger partial charge in [0.25, 0.3) is 0 Å². The molecule has 0 radical (unpaired) electrons. The van der Waals surface area contributed by atoms with E-state index in [1.807, 2.05) is 12.1 Å². The standard InChI is InChI=1S/C44H24F6N4/c45-43(46,47)37-35(33(25-51)39(27-14-5-1-6-15-27)53-41(37)29-18-9-3-10-19-29)31-22-13-23-32(24-31)36-34(26-52)40(28-16-7-2-8-17-28)54-42(38(36)44(48,49)50)30-20-11-4-12-21-30/h1-24H. The Balaban J connectivity index is 1.63. The first kappa shape index (κ1) is 35.4. The van der Waals surface area contributed by atoms with E-state index < -0.39 is 57.1 Å². The third-order valence-corrected chi connectivity index (χ3v) is 8.81. The monoisotopic (exact) mass is 722 g/mol. The molecule has 0 aliphatic carbocycles. The molecule has 5 aromatic carbocycles. The second kappa shape index (κ2) is 14.2. The zero-order valence-electron chi connectivity index (χ0n) is 27.9. The number of alkyl halides is 6. The highest BCUT2D eigenvalue weighted by atomic mass is 19.4. The molecule has 0 saturated carbocycles. The van der Waals surface area contributed by atoms with E-state index in [1.165, 1.54) is 42.5 Å². The van der Waals surface area contributed by atoms with Gasteiger partial charge in [-0.2, -0.15) is 36.9 Å². The van der Waals surface area contributed by atoms with Crippen LogP contribution in [0.2, 0.25) is 0 Å². The summed E-state index contributed by atoms with van der Waals surface area (Å²) in [4.78, 5) is 8.88. The summed E-state index contributed by atoms with van der Waals surface area (Å²) in [5, 5.41) is 21.1. The lowest BCUT2D eigenvalue weighted by Crippen LogP contribution is -2.15. The molecule has 0 aliphatic rings. The topological polar surface area (TPSA) is 73.4 Å². The van der Waals surface area contributed by atoms with Gasteiger partial charge in [0.1, 0.15) is 12.1 Å². The van der Waals surface area contributed by atoms with Crippen LogP contribution in [0.4, 0.5) is 26.3 Å². The van der Waals surface area contributed by atoms with Crippen LogP contribution in [0.1, 0.15) is 22.3 Å². The molecule has 2 heterocycles. The Labute approximate surface area is 305 Å². The number of nitriles is 2. The van der Waals surface area contributed by atoms with Crippen molar-refractivity contribution in [2.75, 3.05) is 0 Å². The molecule has 7 aromatic rings. The Morgan fingerprint density at radius 2 is 0.648 bits per heavy atom. The van der Waals surface area contributed by atoms with E-state index in [9.17, 15) is 10.5 Å². The molecule has 0 aliphatic heterocycles. The predicted octanol–water partition coefficient (Wildman–Crippen LogP) is 12.3. The summed E-state index contributed by atoms with van der Waals surface area (Å²) in [6.45, 7) is 0. The van der Waals surface area contributed by atoms with Crippen molar-refractivity contribution in [3.8, 4) is 79.4 Å². The number of hydrogen-bond donors (Lipinski definition) is 0. The van der Waals surface area contributed by atoms with E-state index in [0.717, 1.165) is 6.07 Å². The van der Waals surface area contributed by atoms with E-state index in [4.69, 9.17) is 0 Å². The zero-order valence-corrected chi connectivity index (χ0v) is 27.9. The molecule has 0 spiro atoms. The molecule has 54 heavy (non-hydrogen) atoms. The van der Waals surface area contributed by atoms with E-state index >= 15 is 26.3 Å². The lowest BCUT2D eigenvalue weighted by molar-refractivity contribution is -0.137. The largest absolute Gasteiger partial charge is 0.419 e. The van der Waals surface area contributed by atoms with Crippen LogP contribution in [0.25, 0.3) is 67.3 Å². The first-order valence-electron chi connectivity index (χ1n) is 16.4. The molecule has 0 fully saturated rings. The summed E-state index contributed by atoms with van der Waals surface area (Å²) in [5.74, 6) is 0. The average Bonchev–Trinajstić information content (AvgIpc) is 3.19. The Bertz CT molecular complexity index is 2400. The Morgan fingerprint density at radius 1 is 0.370 bits per heavy atom. The van der Waals surface area contributed by atoms with Crippen LogP contribution < -0.4 is 0 Å². The number of rotatable bonds is 6. The SMILES string of the molecule is N#Cc1c(-c2ccccc2)nc(-c2ccccc2)c(C(F)(F)F)c1-c1cccc(-c2c(C#N)c(-c3ccccc3)nc(-c3ccccc3)c2C(F)(F)F)c1. The Kier molecular flexibility index (Phi) is 9.28. The fourth-order valence-corrected chi connectivity index (χ4v) is 6.57. The second-order valence-corrected chi connectivity index (χ2v) is 12.1. The van der Waals surface area contributed by atoms with E-state index in [0.29, 0.717) is 11.1 Å². The summed E-state index contributed by atoms with van der Waals surface area (Å²) < 4.78 is 92.5. The number of pyridine rings is 2. The van der Waals surface area contributed by atoms with Crippen LogP contribution in [-0.2, 0) is 12.4 Å². The van der Waals surface area contributed by atoms with Gasteiger partial charge in [0.2, 0.25) is 0 Å². The maximum absolute atomic E-state index is 15.4. The minimum absolute atomic E-state index is 0.0410. The van der Waals surface area contributed by atoms with Crippen molar-refractivity contribution in [2.45, 2.75) is 12.4 Å². The second-order valence-electron chi connectivity index (χ2n) is 12.1. The van der Waals surface area contributed by atoms with Crippen LogP contribution in [0.15, 0.2) is 146 Å². The number of halogens is 6. The minimum atomic E-state index is -5.07. The summed E-state index contributed by atoms with van der Waals surface area (Å²) in [6, 6.07) is 40.7. The van der Waals surface area contributed by atoms with Crippen LogP contribution in [0, 0.1) is 22.7 Å². The Hall–Kier alpha value is -7.04. The quantitative estimate of drug-likeness (QED) is 0.160. The lowest BCUT2D eigenvalue weighted by Gasteiger charge is -2.23. The predicted molar refractivity (Wildman–Crippen MR) is 194 cm³/mol. The van der Waals surface area contributed by atoms with Gasteiger partial charge in [0, 0.05) is 33.4 Å². The van der Waals surface area contributed by atoms with Crippen LogP contribution in [0.3, 0.4) is 0 Å². The number of benzene rings is 5. The first-order chi connectivity index (χ1) is 26.0. The van der Waals surface area contributed by atoms with Gasteiger partial charge in [0.05, 0.1) is 45.0 Å². The van der Waals surface area contributed by atoms with Crippen molar-refractivity contribution in [3.63, 3.8) is 0 Å². The van der Waals surface area contributed by atoms with Crippen LogP contribution in [-0.4, -0.2) is 9.97 Å². The van der Waals surface area contributed by atoms with E-state index in [-0.39, 0.29) is 33.6 Å². The normalized spacial score (nSPS) is 11.5. The number of nitrogens with zero attached hydrogens (tertiary/aromatic N) is 4. The molecule has 0 saturated heterocycles. The molecule has 7 rings (SSSR count). The smallest absolute Gasteiger partial charge is 0.246 e. The van der Waals surface area contributed by atoms with Crippen molar-refractivity contribution >= 4 is 0 Å². The lowest BCUT2D eigenvalue weighted by atomic mass is 9.85. The Morgan fingerprint density at radius 3 is 0.926 bits per heavy atom. The highest BCUT2D eigenvalue weighted by Crippen LogP contribution is 2.50. The van der Waals surface area contributed by atoms with Crippen molar-refractivity contribution in [1.82, 2.24) is 9.97 Å². The van der Waals surface area contributed by atoms with Crippen molar-refractivity contribution in [3.05, 3.63) is 168 Å². The first-order valence-corrected chi connectivity index (χ1v) is 16.4. The highest BCUT2D eigenvalue weighted by molar-refractivity contribution is 5.92. The number of hydrogen-bond acceptors (Lipinski definition) is 4. The maximum atomic E-state index is 15.4. The third-order valence-electron chi connectivity index (χ3n) is 8.81. The molecule has 0 N–H and O–H groups in total. The molecule has 0 unspecified atom stereocenters. The molecule has 10 heteroatoms.